The summed E-state index contributed by atoms with van der Waals surface area (Å²) in [6.45, 7) is 0. The van der Waals surface area contributed by atoms with Crippen molar-refractivity contribution in [3.8, 4) is 0 Å². The minimum Gasteiger partial charge on any atom is -0.338 e. The van der Waals surface area contributed by atoms with Crippen LogP contribution in [0.25, 0.3) is 10.9 Å². The summed E-state index contributed by atoms with van der Waals surface area (Å²) < 4.78 is 13.8. The number of fused-ring (bicyclic) bond motifs is 1. The second-order valence-electron chi connectivity index (χ2n) is 5.87. The first kappa shape index (κ1) is 16.7. The van der Waals surface area contributed by atoms with Crippen molar-refractivity contribution < 1.29 is 9.18 Å². The highest BCUT2D eigenvalue weighted by molar-refractivity contribution is 6.08. The van der Waals surface area contributed by atoms with Crippen molar-refractivity contribution in [3.05, 3.63) is 90.5 Å². The van der Waals surface area contributed by atoms with Crippen LogP contribution in [0.2, 0.25) is 0 Å². The van der Waals surface area contributed by atoms with Gasteiger partial charge in [-0.3, -0.25) is 9.78 Å². The number of aromatic nitrogens is 2. The lowest BCUT2D eigenvalue weighted by Gasteiger charge is -2.10. The Balaban J connectivity index is 1.58. The Bertz CT molecular complexity index is 1120. The minimum absolute atomic E-state index is 0.292. The van der Waals surface area contributed by atoms with Gasteiger partial charge in [0.1, 0.15) is 11.6 Å². The summed E-state index contributed by atoms with van der Waals surface area (Å²) in [5.41, 5.74) is 2.03. The van der Waals surface area contributed by atoms with Gasteiger partial charge in [-0.1, -0.05) is 30.3 Å². The van der Waals surface area contributed by atoms with E-state index in [4.69, 9.17) is 0 Å². The molecule has 2 N–H and O–H groups in total. The van der Waals surface area contributed by atoms with Crippen LogP contribution in [0, 0.1) is 5.82 Å². The average Bonchev–Trinajstić information content (AvgIpc) is 2.70. The van der Waals surface area contributed by atoms with E-state index < -0.39 is 5.82 Å². The molecule has 0 radical (unpaired) electrons. The van der Waals surface area contributed by atoms with Crippen LogP contribution in [0.15, 0.2) is 79.1 Å². The maximum absolute atomic E-state index is 13.8. The zero-order valence-electron chi connectivity index (χ0n) is 14.2. The summed E-state index contributed by atoms with van der Waals surface area (Å²) in [7, 11) is 0. The number of carbonyl (C=O) groups is 1. The molecule has 132 valence electrons. The van der Waals surface area contributed by atoms with E-state index in [2.05, 4.69) is 20.6 Å². The molecule has 0 atom stereocenters. The summed E-state index contributed by atoms with van der Waals surface area (Å²) >= 11 is 0. The largest absolute Gasteiger partial charge is 0.338 e. The molecule has 0 saturated heterocycles. The zero-order valence-corrected chi connectivity index (χ0v) is 14.2. The third kappa shape index (κ3) is 3.59. The van der Waals surface area contributed by atoms with E-state index in [1.165, 1.54) is 12.3 Å². The summed E-state index contributed by atoms with van der Waals surface area (Å²) in [6.07, 6.45) is 3.18. The molecule has 1 amide bonds. The summed E-state index contributed by atoms with van der Waals surface area (Å²) in [5, 5.41) is 6.69. The molecule has 4 aromatic rings. The Kier molecular flexibility index (Phi) is 4.45. The molecule has 27 heavy (non-hydrogen) atoms. The van der Waals surface area contributed by atoms with Gasteiger partial charge < -0.3 is 10.6 Å². The smallest absolute Gasteiger partial charge is 0.255 e. The number of hydrogen-bond donors (Lipinski definition) is 2. The van der Waals surface area contributed by atoms with Gasteiger partial charge in [-0.25, -0.2) is 9.37 Å². The molecule has 0 aliphatic rings. The van der Waals surface area contributed by atoms with E-state index in [0.717, 1.165) is 5.39 Å². The molecule has 0 unspecified atom stereocenters. The number of hydrogen-bond acceptors (Lipinski definition) is 4. The van der Waals surface area contributed by atoms with Crippen LogP contribution in [0.3, 0.4) is 0 Å². The summed E-state index contributed by atoms with van der Waals surface area (Å²) in [5.74, 6) is -0.313. The number of carbonyl (C=O) groups excluding carboxylic acids is 1. The number of para-hydroxylation sites is 2. The van der Waals surface area contributed by atoms with Crippen LogP contribution in [0.5, 0.6) is 0 Å². The number of rotatable bonds is 4. The molecule has 5 nitrogen and oxygen atoms in total. The lowest BCUT2D eigenvalue weighted by molar-refractivity contribution is 0.102. The van der Waals surface area contributed by atoms with Crippen molar-refractivity contribution >= 4 is 34.0 Å². The van der Waals surface area contributed by atoms with Gasteiger partial charge in [-0.2, -0.15) is 0 Å². The number of anilines is 3. The van der Waals surface area contributed by atoms with Crippen molar-refractivity contribution in [1.29, 1.82) is 0 Å². The number of halogens is 1. The first-order chi connectivity index (χ1) is 13.2. The number of nitrogens with zero attached hydrogens (tertiary/aromatic N) is 2. The number of nitrogens with one attached hydrogen (secondary N) is 2. The standard InChI is InChI=1S/C21H15FN4O/c22-16-7-1-2-8-17(16)25-19-13-15(10-12-23-19)21(27)26-18-9-3-5-14-6-4-11-24-20(14)18/h1-13H,(H,23,25)(H,26,27). The minimum atomic E-state index is -0.393. The molecule has 6 heteroatoms. The van der Waals surface area contributed by atoms with Crippen LogP contribution < -0.4 is 10.6 Å². The van der Waals surface area contributed by atoms with Crippen LogP contribution in [-0.4, -0.2) is 15.9 Å². The third-order valence-corrected chi connectivity index (χ3v) is 4.04. The molecular weight excluding hydrogens is 343 g/mol. The van der Waals surface area contributed by atoms with E-state index in [0.29, 0.717) is 28.3 Å². The van der Waals surface area contributed by atoms with Crippen molar-refractivity contribution in [3.63, 3.8) is 0 Å². The van der Waals surface area contributed by atoms with Crippen LogP contribution in [0.4, 0.5) is 21.6 Å². The lowest BCUT2D eigenvalue weighted by atomic mass is 10.1. The monoisotopic (exact) mass is 358 g/mol. The molecule has 0 fully saturated rings. The quantitative estimate of drug-likeness (QED) is 0.552. The summed E-state index contributed by atoms with van der Waals surface area (Å²) in [6, 6.07) is 18.8. The first-order valence-electron chi connectivity index (χ1n) is 8.33. The molecule has 2 heterocycles. The molecule has 0 aliphatic heterocycles. The van der Waals surface area contributed by atoms with Gasteiger partial charge in [0.2, 0.25) is 0 Å². The van der Waals surface area contributed by atoms with Gasteiger partial charge in [0.15, 0.2) is 0 Å². The molecule has 0 spiro atoms. The van der Waals surface area contributed by atoms with E-state index >= 15 is 0 Å². The lowest BCUT2D eigenvalue weighted by Crippen LogP contribution is -2.13. The Hall–Kier alpha value is -3.80. The van der Waals surface area contributed by atoms with Gasteiger partial charge >= 0.3 is 0 Å². The first-order valence-corrected chi connectivity index (χ1v) is 8.33. The molecule has 0 bridgehead atoms. The highest BCUT2D eigenvalue weighted by Crippen LogP contribution is 2.22. The van der Waals surface area contributed by atoms with Gasteiger partial charge in [0.05, 0.1) is 16.9 Å². The fourth-order valence-corrected chi connectivity index (χ4v) is 2.74. The Morgan fingerprint density at radius 1 is 0.852 bits per heavy atom. The second kappa shape index (κ2) is 7.21. The van der Waals surface area contributed by atoms with Gasteiger partial charge in [-0.15, -0.1) is 0 Å². The normalized spacial score (nSPS) is 10.6. The third-order valence-electron chi connectivity index (χ3n) is 4.04. The van der Waals surface area contributed by atoms with Gasteiger partial charge in [-0.05, 0) is 36.4 Å². The molecule has 0 aliphatic carbocycles. The number of benzene rings is 2. The molecule has 0 saturated carbocycles. The van der Waals surface area contributed by atoms with E-state index in [1.54, 1.807) is 42.6 Å². The number of amides is 1. The molecule has 2 aromatic heterocycles. The van der Waals surface area contributed by atoms with Gasteiger partial charge in [0, 0.05) is 23.3 Å². The summed E-state index contributed by atoms with van der Waals surface area (Å²) in [4.78, 5) is 21.1. The highest BCUT2D eigenvalue weighted by Gasteiger charge is 2.11. The maximum atomic E-state index is 13.8. The van der Waals surface area contributed by atoms with Crippen LogP contribution in [0.1, 0.15) is 10.4 Å². The SMILES string of the molecule is O=C(Nc1cccc2cccnc12)c1ccnc(Nc2ccccc2F)c1. The van der Waals surface area contributed by atoms with Crippen molar-refractivity contribution in [2.45, 2.75) is 0 Å². The van der Waals surface area contributed by atoms with Crippen molar-refractivity contribution in [2.24, 2.45) is 0 Å². The Labute approximate surface area is 154 Å². The fourth-order valence-electron chi connectivity index (χ4n) is 2.74. The van der Waals surface area contributed by atoms with Crippen LogP contribution >= 0.6 is 0 Å². The predicted molar refractivity (Wildman–Crippen MR) is 104 cm³/mol. The Morgan fingerprint density at radius 3 is 2.56 bits per heavy atom. The zero-order chi connectivity index (χ0) is 18.6. The fraction of sp³-hybridized carbons (Fsp3) is 0. The molecule has 4 rings (SSSR count). The van der Waals surface area contributed by atoms with E-state index in [1.807, 2.05) is 24.3 Å². The van der Waals surface area contributed by atoms with Crippen molar-refractivity contribution in [1.82, 2.24) is 9.97 Å². The highest BCUT2D eigenvalue weighted by atomic mass is 19.1. The topological polar surface area (TPSA) is 66.9 Å². The van der Waals surface area contributed by atoms with Crippen LogP contribution in [-0.2, 0) is 0 Å². The molecular formula is C21H15FN4O. The molecule has 2 aromatic carbocycles. The second-order valence-corrected chi connectivity index (χ2v) is 5.87. The van der Waals surface area contributed by atoms with E-state index in [-0.39, 0.29) is 5.91 Å². The average molecular weight is 358 g/mol. The van der Waals surface area contributed by atoms with Gasteiger partial charge in [0.25, 0.3) is 5.91 Å². The maximum Gasteiger partial charge on any atom is 0.255 e. The Morgan fingerprint density at radius 2 is 1.67 bits per heavy atom. The number of pyridine rings is 2. The van der Waals surface area contributed by atoms with E-state index in [9.17, 15) is 9.18 Å². The predicted octanol–water partition coefficient (Wildman–Crippen LogP) is 4.76. The van der Waals surface area contributed by atoms with Crippen molar-refractivity contribution in [2.75, 3.05) is 10.6 Å².